The smallest absolute Gasteiger partial charge is 0.237 e. The molecule has 0 saturated carbocycles. The highest BCUT2D eigenvalue weighted by atomic mass is 35.5. The normalized spacial score (nSPS) is 10.6. The average Bonchev–Trinajstić information content (AvgIpc) is 3.09. The van der Waals surface area contributed by atoms with Gasteiger partial charge in [0, 0.05) is 29.4 Å². The number of rotatable bonds is 8. The van der Waals surface area contributed by atoms with Gasteiger partial charge in [-0.1, -0.05) is 53.7 Å². The summed E-state index contributed by atoms with van der Waals surface area (Å²) in [6, 6.07) is 17.7. The van der Waals surface area contributed by atoms with Crippen LogP contribution in [0.4, 0.5) is 5.69 Å². The van der Waals surface area contributed by atoms with Crippen LogP contribution in [0.1, 0.15) is 28.9 Å². The minimum Gasteiger partial charge on any atom is -0.337 e. The minimum absolute atomic E-state index is 0.0735. The van der Waals surface area contributed by atoms with Gasteiger partial charge in [-0.15, -0.1) is 0 Å². The molecule has 0 aliphatic rings. The maximum Gasteiger partial charge on any atom is 0.237 e. The summed E-state index contributed by atoms with van der Waals surface area (Å²) in [7, 11) is 0. The van der Waals surface area contributed by atoms with Gasteiger partial charge in [-0.05, 0) is 43.2 Å². The second-order valence-corrected chi connectivity index (χ2v) is 8.32. The van der Waals surface area contributed by atoms with Crippen molar-refractivity contribution < 1.29 is 4.79 Å². The van der Waals surface area contributed by atoms with Crippen molar-refractivity contribution in [3.05, 3.63) is 76.1 Å². The lowest BCUT2D eigenvalue weighted by atomic mass is 10.1. The van der Waals surface area contributed by atoms with Crippen LogP contribution < -0.4 is 4.90 Å². The first-order chi connectivity index (χ1) is 14.5. The Bertz CT molecular complexity index is 1060. The Morgan fingerprint density at radius 1 is 1.23 bits per heavy atom. The topological polar surface area (TPSA) is 72.8 Å². The van der Waals surface area contributed by atoms with Gasteiger partial charge in [0.05, 0.1) is 23.9 Å². The molecule has 0 spiro atoms. The molecular weight excluding hydrogens is 416 g/mol. The third-order valence-corrected chi connectivity index (χ3v) is 5.99. The van der Waals surface area contributed by atoms with E-state index in [1.165, 1.54) is 17.3 Å². The SMILES string of the molecule is Cc1cc(N(CCC#N)C(=O)CSc2nc(Cc3ccccc3)c(C)[nH]2)ccc1Cl. The molecule has 2 aromatic carbocycles. The Hall–Kier alpha value is -2.75. The molecule has 154 valence electrons. The number of H-pyrrole nitrogens is 1. The van der Waals surface area contributed by atoms with Gasteiger partial charge in [0.15, 0.2) is 5.16 Å². The van der Waals surface area contributed by atoms with Crippen LogP contribution in [0.25, 0.3) is 0 Å². The highest BCUT2D eigenvalue weighted by Crippen LogP contribution is 2.25. The molecule has 1 aromatic heterocycles. The van der Waals surface area contributed by atoms with Crippen molar-refractivity contribution in [2.45, 2.75) is 31.8 Å². The molecule has 0 radical (unpaired) electrons. The Kier molecular flexibility index (Phi) is 7.56. The standard InChI is InChI=1S/C23H23ClN4OS/c1-16-13-19(9-10-20(16)24)28(12-6-11-25)22(29)15-30-23-26-17(2)21(27-23)14-18-7-4-3-5-8-18/h3-5,7-10,13H,6,12,14-15H2,1-2H3,(H,26,27). The number of nitriles is 1. The van der Waals surface area contributed by atoms with Crippen LogP contribution in [-0.2, 0) is 11.2 Å². The van der Waals surface area contributed by atoms with Gasteiger partial charge >= 0.3 is 0 Å². The summed E-state index contributed by atoms with van der Waals surface area (Å²) in [6.07, 6.45) is 1.01. The number of aryl methyl sites for hydroxylation is 2. The molecule has 1 N–H and O–H groups in total. The lowest BCUT2D eigenvalue weighted by Crippen LogP contribution is -2.33. The molecule has 0 saturated heterocycles. The van der Waals surface area contributed by atoms with Gasteiger partial charge in [-0.2, -0.15) is 5.26 Å². The number of amides is 1. The molecule has 0 atom stereocenters. The number of thioether (sulfide) groups is 1. The van der Waals surface area contributed by atoms with Gasteiger partial charge in [0.1, 0.15) is 0 Å². The molecule has 0 aliphatic carbocycles. The van der Waals surface area contributed by atoms with E-state index in [1.54, 1.807) is 11.0 Å². The highest BCUT2D eigenvalue weighted by Gasteiger charge is 2.18. The second-order valence-electron chi connectivity index (χ2n) is 6.95. The van der Waals surface area contributed by atoms with Crippen LogP contribution in [0.3, 0.4) is 0 Å². The number of halogens is 1. The molecule has 30 heavy (non-hydrogen) atoms. The number of hydrogen-bond donors (Lipinski definition) is 1. The lowest BCUT2D eigenvalue weighted by Gasteiger charge is -2.22. The Balaban J connectivity index is 1.68. The molecule has 7 heteroatoms. The predicted octanol–water partition coefficient (Wildman–Crippen LogP) is 5.31. The number of nitrogens with one attached hydrogen (secondary N) is 1. The van der Waals surface area contributed by atoms with Crippen molar-refractivity contribution in [3.63, 3.8) is 0 Å². The van der Waals surface area contributed by atoms with Gasteiger partial charge in [0.2, 0.25) is 5.91 Å². The van der Waals surface area contributed by atoms with Crippen LogP contribution in [0.15, 0.2) is 53.7 Å². The maximum absolute atomic E-state index is 12.9. The quantitative estimate of drug-likeness (QED) is 0.483. The third-order valence-electron chi connectivity index (χ3n) is 4.71. The van der Waals surface area contributed by atoms with Gasteiger partial charge in [-0.25, -0.2) is 4.98 Å². The highest BCUT2D eigenvalue weighted by molar-refractivity contribution is 7.99. The number of nitrogens with zero attached hydrogens (tertiary/aromatic N) is 3. The Morgan fingerprint density at radius 3 is 2.70 bits per heavy atom. The van der Waals surface area contributed by atoms with E-state index >= 15 is 0 Å². The van der Waals surface area contributed by atoms with E-state index in [0.29, 0.717) is 11.6 Å². The monoisotopic (exact) mass is 438 g/mol. The van der Waals surface area contributed by atoms with Crippen LogP contribution in [0.5, 0.6) is 0 Å². The first-order valence-electron chi connectivity index (χ1n) is 9.63. The second kappa shape index (κ2) is 10.3. The van der Waals surface area contributed by atoms with Crippen molar-refractivity contribution in [1.82, 2.24) is 9.97 Å². The van der Waals surface area contributed by atoms with Crippen LogP contribution in [0.2, 0.25) is 5.02 Å². The molecule has 0 unspecified atom stereocenters. The van der Waals surface area contributed by atoms with Crippen molar-refractivity contribution >= 4 is 35.0 Å². The van der Waals surface area contributed by atoms with Gasteiger partial charge in [0.25, 0.3) is 0 Å². The summed E-state index contributed by atoms with van der Waals surface area (Å²) in [5.74, 6) is 0.154. The Labute approximate surface area is 186 Å². The fourth-order valence-corrected chi connectivity index (χ4v) is 3.99. The van der Waals surface area contributed by atoms with Crippen molar-refractivity contribution in [2.75, 3.05) is 17.2 Å². The van der Waals surface area contributed by atoms with Crippen molar-refractivity contribution in [3.8, 4) is 6.07 Å². The maximum atomic E-state index is 12.9. The van der Waals surface area contributed by atoms with Crippen LogP contribution in [-0.4, -0.2) is 28.2 Å². The predicted molar refractivity (Wildman–Crippen MR) is 122 cm³/mol. The van der Waals surface area contributed by atoms with E-state index < -0.39 is 0 Å². The summed E-state index contributed by atoms with van der Waals surface area (Å²) in [6.45, 7) is 4.23. The molecule has 3 rings (SSSR count). The van der Waals surface area contributed by atoms with E-state index in [-0.39, 0.29) is 18.1 Å². The molecule has 1 heterocycles. The van der Waals surface area contributed by atoms with E-state index in [4.69, 9.17) is 16.9 Å². The third kappa shape index (κ3) is 5.65. The molecular formula is C23H23ClN4OS. The number of aromatic amines is 1. The van der Waals surface area contributed by atoms with Crippen molar-refractivity contribution in [2.24, 2.45) is 0 Å². The zero-order chi connectivity index (χ0) is 21.5. The number of hydrogen-bond acceptors (Lipinski definition) is 4. The minimum atomic E-state index is -0.0735. The molecule has 1 amide bonds. The van der Waals surface area contributed by atoms with Crippen molar-refractivity contribution in [1.29, 1.82) is 5.26 Å². The van der Waals surface area contributed by atoms with E-state index in [1.807, 2.05) is 44.2 Å². The number of anilines is 1. The number of aromatic nitrogens is 2. The molecule has 0 aliphatic heterocycles. The summed E-state index contributed by atoms with van der Waals surface area (Å²) in [5, 5.41) is 10.3. The van der Waals surface area contributed by atoms with E-state index in [2.05, 4.69) is 28.2 Å². The molecule has 0 bridgehead atoms. The fraction of sp³-hybridized carbons (Fsp3) is 0.261. The largest absolute Gasteiger partial charge is 0.337 e. The summed E-state index contributed by atoms with van der Waals surface area (Å²) >= 11 is 7.48. The first-order valence-corrected chi connectivity index (χ1v) is 11.0. The van der Waals surface area contributed by atoms with E-state index in [0.717, 1.165) is 34.2 Å². The lowest BCUT2D eigenvalue weighted by molar-refractivity contribution is -0.116. The summed E-state index contributed by atoms with van der Waals surface area (Å²) < 4.78 is 0. The van der Waals surface area contributed by atoms with Gasteiger partial charge < -0.3 is 9.88 Å². The summed E-state index contributed by atoms with van der Waals surface area (Å²) in [4.78, 5) is 22.5. The first kappa shape index (κ1) is 21.9. The average molecular weight is 439 g/mol. The molecule has 3 aromatic rings. The van der Waals surface area contributed by atoms with Crippen LogP contribution >= 0.6 is 23.4 Å². The zero-order valence-electron chi connectivity index (χ0n) is 17.0. The zero-order valence-corrected chi connectivity index (χ0v) is 18.6. The fourth-order valence-electron chi connectivity index (χ4n) is 3.06. The van der Waals surface area contributed by atoms with E-state index in [9.17, 15) is 4.79 Å². The summed E-state index contributed by atoms with van der Waals surface area (Å²) in [5.41, 5.74) is 4.82. The van der Waals surface area contributed by atoms with Gasteiger partial charge in [-0.3, -0.25) is 4.79 Å². The number of carbonyl (C=O) groups excluding carboxylic acids is 1. The number of benzene rings is 2. The number of imidazole rings is 1. The molecule has 0 fully saturated rings. The van der Waals surface area contributed by atoms with Crippen LogP contribution in [0, 0.1) is 25.2 Å². The number of carbonyl (C=O) groups is 1. The Morgan fingerprint density at radius 2 is 2.00 bits per heavy atom. The molecule has 5 nitrogen and oxygen atoms in total.